The van der Waals surface area contributed by atoms with E-state index in [1.54, 1.807) is 32.4 Å². The zero-order valence-corrected chi connectivity index (χ0v) is 13.0. The number of benzene rings is 2. The van der Waals surface area contributed by atoms with Crippen molar-refractivity contribution in [2.24, 2.45) is 11.5 Å². The number of carbonyl (C=O) groups is 1. The average molecular weight is 313 g/mol. The molecule has 0 bridgehead atoms. The minimum atomic E-state index is -0.0597. The van der Waals surface area contributed by atoms with Crippen LogP contribution in [-0.2, 0) is 4.79 Å². The maximum Gasteiger partial charge on any atom is 0.167 e. The highest BCUT2D eigenvalue weighted by atomic mass is 16.5. The summed E-state index contributed by atoms with van der Waals surface area (Å²) in [7, 11) is 3.15. The maximum atomic E-state index is 10.8. The third-order valence-corrected chi connectivity index (χ3v) is 3.53. The number of anilines is 1. The minimum absolute atomic E-state index is 0.0597. The third-order valence-electron chi connectivity index (χ3n) is 3.53. The van der Waals surface area contributed by atoms with Crippen molar-refractivity contribution in [1.82, 2.24) is 0 Å². The summed E-state index contributed by atoms with van der Waals surface area (Å²) in [5, 5.41) is 0. The van der Waals surface area contributed by atoms with E-state index in [1.807, 2.05) is 18.2 Å². The number of methoxy groups -OCH3 is 2. The summed E-state index contributed by atoms with van der Waals surface area (Å²) in [6, 6.07) is 10.8. The fourth-order valence-corrected chi connectivity index (χ4v) is 2.27. The van der Waals surface area contributed by atoms with Gasteiger partial charge in [-0.15, -0.1) is 0 Å². The second-order valence-electron chi connectivity index (χ2n) is 4.82. The van der Waals surface area contributed by atoms with Crippen LogP contribution in [0, 0.1) is 0 Å². The van der Waals surface area contributed by atoms with Crippen LogP contribution in [0.15, 0.2) is 42.1 Å². The Morgan fingerprint density at radius 2 is 1.78 bits per heavy atom. The highest BCUT2D eigenvalue weighted by Crippen LogP contribution is 2.38. The van der Waals surface area contributed by atoms with Crippen LogP contribution in [0.5, 0.6) is 11.5 Å². The lowest BCUT2D eigenvalue weighted by Gasteiger charge is -2.15. The van der Waals surface area contributed by atoms with Crippen LogP contribution >= 0.6 is 0 Å². The molecule has 0 radical (unpaired) electrons. The Balaban J connectivity index is 2.65. The molecule has 120 valence electrons. The zero-order valence-electron chi connectivity index (χ0n) is 13.0. The zero-order chi connectivity index (χ0) is 17.0. The Morgan fingerprint density at radius 1 is 1.04 bits per heavy atom. The first-order valence-corrected chi connectivity index (χ1v) is 6.85. The van der Waals surface area contributed by atoms with E-state index in [0.717, 1.165) is 11.1 Å². The van der Waals surface area contributed by atoms with E-state index in [1.165, 1.54) is 0 Å². The van der Waals surface area contributed by atoms with Gasteiger partial charge in [0.25, 0.3) is 0 Å². The summed E-state index contributed by atoms with van der Waals surface area (Å²) in [6.45, 7) is 0. The van der Waals surface area contributed by atoms with Crippen LogP contribution in [0.2, 0.25) is 0 Å². The van der Waals surface area contributed by atoms with E-state index in [9.17, 15) is 4.79 Å². The fraction of sp³-hybridized carbons (Fsp3) is 0.118. The van der Waals surface area contributed by atoms with E-state index in [4.69, 9.17) is 26.7 Å². The number of aldehydes is 1. The molecule has 2 aromatic carbocycles. The molecule has 0 amide bonds. The molecule has 6 heteroatoms. The predicted molar refractivity (Wildman–Crippen MR) is 90.8 cm³/mol. The minimum Gasteiger partial charge on any atom is -0.497 e. The van der Waals surface area contributed by atoms with Crippen LogP contribution < -0.4 is 26.7 Å². The molecule has 0 heterocycles. The number of rotatable bonds is 5. The fourth-order valence-electron chi connectivity index (χ4n) is 2.27. The lowest BCUT2D eigenvalue weighted by Crippen LogP contribution is -2.11. The second kappa shape index (κ2) is 6.74. The SMILES string of the molecule is COc1ccc(-c2cccc(/C(N)=C(\N)C=O)c2N)c(OC)c1. The van der Waals surface area contributed by atoms with E-state index in [0.29, 0.717) is 29.0 Å². The molecule has 0 atom stereocenters. The summed E-state index contributed by atoms with van der Waals surface area (Å²) in [6.07, 6.45) is 0.495. The number of nitrogen functional groups attached to an aromatic ring is 1. The first-order chi connectivity index (χ1) is 11.0. The number of hydrogen-bond donors (Lipinski definition) is 3. The topological polar surface area (TPSA) is 114 Å². The van der Waals surface area contributed by atoms with Crippen molar-refractivity contribution in [2.75, 3.05) is 20.0 Å². The molecule has 6 nitrogen and oxygen atoms in total. The Bertz CT molecular complexity index is 770. The molecule has 0 spiro atoms. The molecule has 23 heavy (non-hydrogen) atoms. The summed E-state index contributed by atoms with van der Waals surface area (Å²) in [4.78, 5) is 10.8. The highest BCUT2D eigenvalue weighted by molar-refractivity contribution is 5.93. The Labute approximate surface area is 134 Å². The normalized spacial score (nSPS) is 11.6. The quantitative estimate of drug-likeness (QED) is 0.440. The number of allylic oxidation sites excluding steroid dienone is 1. The van der Waals surface area contributed by atoms with Gasteiger partial charge in [0.05, 0.1) is 25.6 Å². The van der Waals surface area contributed by atoms with Gasteiger partial charge in [0, 0.05) is 28.4 Å². The van der Waals surface area contributed by atoms with Crippen molar-refractivity contribution in [3.63, 3.8) is 0 Å². The lowest BCUT2D eigenvalue weighted by molar-refractivity contribution is -0.104. The monoisotopic (exact) mass is 313 g/mol. The molecule has 0 aliphatic carbocycles. The molecule has 0 aromatic heterocycles. The van der Waals surface area contributed by atoms with Gasteiger partial charge in [0.15, 0.2) is 6.29 Å². The van der Waals surface area contributed by atoms with E-state index in [2.05, 4.69) is 0 Å². The average Bonchev–Trinajstić information content (AvgIpc) is 2.60. The van der Waals surface area contributed by atoms with Crippen molar-refractivity contribution in [3.05, 3.63) is 47.7 Å². The first kappa shape index (κ1) is 16.2. The molecule has 0 unspecified atom stereocenters. The van der Waals surface area contributed by atoms with Gasteiger partial charge in [-0.2, -0.15) is 0 Å². The summed E-state index contributed by atoms with van der Waals surface area (Å²) < 4.78 is 10.6. The summed E-state index contributed by atoms with van der Waals surface area (Å²) in [5.41, 5.74) is 20.2. The lowest BCUT2D eigenvalue weighted by atomic mass is 9.97. The van der Waals surface area contributed by atoms with Gasteiger partial charge in [0.1, 0.15) is 11.5 Å². The van der Waals surface area contributed by atoms with Gasteiger partial charge in [0.2, 0.25) is 0 Å². The largest absolute Gasteiger partial charge is 0.497 e. The number of ether oxygens (including phenoxy) is 2. The van der Waals surface area contributed by atoms with Crippen molar-refractivity contribution in [3.8, 4) is 22.6 Å². The third kappa shape index (κ3) is 3.06. The summed E-state index contributed by atoms with van der Waals surface area (Å²) >= 11 is 0. The van der Waals surface area contributed by atoms with Crippen LogP contribution in [-0.4, -0.2) is 20.5 Å². The molecule has 0 saturated carbocycles. The standard InChI is InChI=1S/C17H19N3O3/c1-22-10-6-7-11(15(8-10)23-2)12-4-3-5-13(16(12)19)17(20)14(18)9-21/h3-9H,18-20H2,1-2H3/b17-14+. The Kier molecular flexibility index (Phi) is 4.75. The van der Waals surface area contributed by atoms with E-state index in [-0.39, 0.29) is 11.4 Å². The van der Waals surface area contributed by atoms with Crippen molar-refractivity contribution in [2.45, 2.75) is 0 Å². The molecule has 2 rings (SSSR count). The highest BCUT2D eigenvalue weighted by Gasteiger charge is 2.14. The Hall–Kier alpha value is -3.15. The predicted octanol–water partition coefficient (Wildman–Crippen LogP) is 1.74. The number of nitrogens with two attached hydrogens (primary N) is 3. The van der Waals surface area contributed by atoms with Gasteiger partial charge in [-0.25, -0.2) is 0 Å². The van der Waals surface area contributed by atoms with Gasteiger partial charge < -0.3 is 26.7 Å². The smallest absolute Gasteiger partial charge is 0.167 e. The molecule has 0 aliphatic rings. The molecule has 0 saturated heterocycles. The summed E-state index contributed by atoms with van der Waals surface area (Å²) in [5.74, 6) is 1.28. The second-order valence-corrected chi connectivity index (χ2v) is 4.82. The van der Waals surface area contributed by atoms with Crippen LogP contribution in [0.3, 0.4) is 0 Å². The molecular formula is C17H19N3O3. The molecule has 0 fully saturated rings. The molecule has 6 N–H and O–H groups in total. The molecular weight excluding hydrogens is 294 g/mol. The first-order valence-electron chi connectivity index (χ1n) is 6.85. The van der Waals surface area contributed by atoms with E-state index < -0.39 is 0 Å². The van der Waals surface area contributed by atoms with Gasteiger partial charge >= 0.3 is 0 Å². The van der Waals surface area contributed by atoms with Crippen LogP contribution in [0.4, 0.5) is 5.69 Å². The number of hydrogen-bond acceptors (Lipinski definition) is 6. The van der Waals surface area contributed by atoms with Crippen molar-refractivity contribution in [1.29, 1.82) is 0 Å². The van der Waals surface area contributed by atoms with Crippen LogP contribution in [0.25, 0.3) is 16.8 Å². The van der Waals surface area contributed by atoms with Crippen molar-refractivity contribution >= 4 is 17.7 Å². The number of carbonyl (C=O) groups excluding carboxylic acids is 1. The number of para-hydroxylation sites is 1. The van der Waals surface area contributed by atoms with Gasteiger partial charge in [-0.1, -0.05) is 18.2 Å². The molecule has 2 aromatic rings. The van der Waals surface area contributed by atoms with Crippen molar-refractivity contribution < 1.29 is 14.3 Å². The van der Waals surface area contributed by atoms with E-state index >= 15 is 0 Å². The molecule has 0 aliphatic heterocycles. The maximum absolute atomic E-state index is 10.8. The van der Waals surface area contributed by atoms with Gasteiger partial charge in [-0.3, -0.25) is 4.79 Å². The van der Waals surface area contributed by atoms with Crippen LogP contribution in [0.1, 0.15) is 5.56 Å². The van der Waals surface area contributed by atoms with Gasteiger partial charge in [-0.05, 0) is 12.1 Å². The Morgan fingerprint density at radius 3 is 2.39 bits per heavy atom.